The fourth-order valence-corrected chi connectivity index (χ4v) is 4.08. The van der Waals surface area contributed by atoms with Gasteiger partial charge in [0.05, 0.1) is 5.75 Å². The predicted octanol–water partition coefficient (Wildman–Crippen LogP) is 2.08. The lowest BCUT2D eigenvalue weighted by molar-refractivity contribution is -0.134. The second-order valence-corrected chi connectivity index (χ2v) is 6.38. The number of H-pyrrole nitrogens is 1. The van der Waals surface area contributed by atoms with Gasteiger partial charge in [-0.15, -0.1) is 0 Å². The molecule has 6 heteroatoms. The number of carbonyl (C=O) groups excluding carboxylic acids is 1. The van der Waals surface area contributed by atoms with Crippen molar-refractivity contribution in [3.63, 3.8) is 0 Å². The molecule has 0 aromatic carbocycles. The highest BCUT2D eigenvalue weighted by atomic mass is 32.2. The van der Waals surface area contributed by atoms with Gasteiger partial charge in [-0.3, -0.25) is 9.89 Å². The van der Waals surface area contributed by atoms with Crippen LogP contribution in [0.1, 0.15) is 38.5 Å². The number of fused-ring (bicyclic) bond motifs is 1. The molecule has 5 nitrogen and oxygen atoms in total. The topological polar surface area (TPSA) is 61.9 Å². The van der Waals surface area contributed by atoms with E-state index in [1.807, 2.05) is 0 Å². The van der Waals surface area contributed by atoms with Crippen molar-refractivity contribution in [2.45, 2.75) is 49.7 Å². The zero-order valence-electron chi connectivity index (χ0n) is 11.0. The summed E-state index contributed by atoms with van der Waals surface area (Å²) in [6, 6.07) is 0.505. The maximum atomic E-state index is 12.4. The van der Waals surface area contributed by atoms with Crippen molar-refractivity contribution < 1.29 is 4.79 Å². The monoisotopic (exact) mass is 280 g/mol. The third kappa shape index (κ3) is 2.94. The Kier molecular flexibility index (Phi) is 4.06. The molecule has 2 fully saturated rings. The van der Waals surface area contributed by atoms with E-state index in [0.717, 1.165) is 17.6 Å². The van der Waals surface area contributed by atoms with Crippen molar-refractivity contribution in [2.24, 2.45) is 5.92 Å². The van der Waals surface area contributed by atoms with Gasteiger partial charge in [-0.05, 0) is 31.6 Å². The minimum Gasteiger partial charge on any atom is -0.339 e. The molecule has 2 heterocycles. The maximum absolute atomic E-state index is 12.4. The Morgan fingerprint density at radius 3 is 3.05 bits per heavy atom. The number of nitrogens with one attached hydrogen (secondary N) is 1. The SMILES string of the molecule is O=C(CSc1ncn[nH]1)N1CCC[C@@H]2CCCC[C@H]21. The number of amides is 1. The van der Waals surface area contributed by atoms with Gasteiger partial charge >= 0.3 is 0 Å². The maximum Gasteiger partial charge on any atom is 0.233 e. The van der Waals surface area contributed by atoms with Crippen molar-refractivity contribution in [1.82, 2.24) is 20.1 Å². The van der Waals surface area contributed by atoms with Crippen molar-refractivity contribution in [3.05, 3.63) is 6.33 Å². The number of aromatic nitrogens is 3. The highest BCUT2D eigenvalue weighted by molar-refractivity contribution is 7.99. The summed E-state index contributed by atoms with van der Waals surface area (Å²) < 4.78 is 0. The van der Waals surface area contributed by atoms with E-state index in [1.54, 1.807) is 0 Å². The molecule has 1 saturated carbocycles. The summed E-state index contributed by atoms with van der Waals surface area (Å²) in [6.45, 7) is 0.941. The normalized spacial score (nSPS) is 27.1. The Balaban J connectivity index is 1.58. The smallest absolute Gasteiger partial charge is 0.233 e. The first-order valence-electron chi connectivity index (χ1n) is 7.12. The molecule has 1 aliphatic heterocycles. The summed E-state index contributed by atoms with van der Waals surface area (Å²) in [6.07, 6.45) is 9.08. The molecule has 1 aromatic rings. The van der Waals surface area contributed by atoms with Crippen LogP contribution in [0.2, 0.25) is 0 Å². The van der Waals surface area contributed by atoms with E-state index >= 15 is 0 Å². The average Bonchev–Trinajstić information content (AvgIpc) is 2.97. The Morgan fingerprint density at radius 1 is 1.37 bits per heavy atom. The number of piperidine rings is 1. The molecule has 104 valence electrons. The molecular weight excluding hydrogens is 260 g/mol. The lowest BCUT2D eigenvalue weighted by atomic mass is 9.78. The molecule has 1 aliphatic carbocycles. The van der Waals surface area contributed by atoms with Crippen molar-refractivity contribution in [1.29, 1.82) is 0 Å². The highest BCUT2D eigenvalue weighted by Gasteiger charge is 2.35. The van der Waals surface area contributed by atoms with Gasteiger partial charge in [0.15, 0.2) is 5.16 Å². The quantitative estimate of drug-likeness (QED) is 0.861. The summed E-state index contributed by atoms with van der Waals surface area (Å²) >= 11 is 1.45. The van der Waals surface area contributed by atoms with Crippen LogP contribution in [0.15, 0.2) is 11.5 Å². The number of carbonyl (C=O) groups is 1. The molecular formula is C13H20N4OS. The number of likely N-dealkylation sites (tertiary alicyclic amines) is 1. The summed E-state index contributed by atoms with van der Waals surface area (Å²) in [5.41, 5.74) is 0. The van der Waals surface area contributed by atoms with Crippen molar-refractivity contribution in [2.75, 3.05) is 12.3 Å². The number of nitrogens with zero attached hydrogens (tertiary/aromatic N) is 3. The predicted molar refractivity (Wildman–Crippen MR) is 73.8 cm³/mol. The number of rotatable bonds is 3. The molecule has 1 amide bonds. The van der Waals surface area contributed by atoms with Crippen LogP contribution in [-0.4, -0.2) is 44.3 Å². The van der Waals surface area contributed by atoms with Crippen LogP contribution in [0.4, 0.5) is 0 Å². The van der Waals surface area contributed by atoms with E-state index in [0.29, 0.717) is 11.8 Å². The molecule has 2 atom stereocenters. The fourth-order valence-electron chi connectivity index (χ4n) is 3.41. The number of aromatic amines is 1. The summed E-state index contributed by atoms with van der Waals surface area (Å²) in [7, 11) is 0. The lowest BCUT2D eigenvalue weighted by Gasteiger charge is -2.44. The molecule has 3 rings (SSSR count). The van der Waals surface area contributed by atoms with E-state index in [-0.39, 0.29) is 5.91 Å². The van der Waals surface area contributed by atoms with E-state index in [9.17, 15) is 4.79 Å². The van der Waals surface area contributed by atoms with Gasteiger partial charge in [-0.2, -0.15) is 5.10 Å². The molecule has 0 radical (unpaired) electrons. The molecule has 0 spiro atoms. The second-order valence-electron chi connectivity index (χ2n) is 5.42. The van der Waals surface area contributed by atoms with Gasteiger partial charge in [0.25, 0.3) is 0 Å². The number of thioether (sulfide) groups is 1. The molecule has 0 bridgehead atoms. The van der Waals surface area contributed by atoms with E-state index in [4.69, 9.17) is 0 Å². The van der Waals surface area contributed by atoms with Crippen LogP contribution in [0.5, 0.6) is 0 Å². The van der Waals surface area contributed by atoms with Crippen LogP contribution >= 0.6 is 11.8 Å². The van der Waals surface area contributed by atoms with Gasteiger partial charge in [-0.25, -0.2) is 4.98 Å². The third-order valence-electron chi connectivity index (χ3n) is 4.29. The second kappa shape index (κ2) is 5.94. The Labute approximate surface area is 117 Å². The molecule has 1 N–H and O–H groups in total. The van der Waals surface area contributed by atoms with E-state index in [2.05, 4.69) is 20.1 Å². The third-order valence-corrected chi connectivity index (χ3v) is 5.15. The minimum atomic E-state index is 0.262. The summed E-state index contributed by atoms with van der Waals surface area (Å²) in [4.78, 5) is 18.6. The lowest BCUT2D eigenvalue weighted by Crippen LogP contribution is -2.50. The van der Waals surface area contributed by atoms with Crippen molar-refractivity contribution >= 4 is 17.7 Å². The molecule has 1 aromatic heterocycles. The first-order chi connectivity index (χ1) is 9.34. The van der Waals surface area contributed by atoms with E-state index in [1.165, 1.54) is 56.6 Å². The Hall–Kier alpha value is -1.04. The van der Waals surface area contributed by atoms with Gasteiger partial charge in [0, 0.05) is 12.6 Å². The zero-order chi connectivity index (χ0) is 13.1. The first kappa shape index (κ1) is 13.0. The highest BCUT2D eigenvalue weighted by Crippen LogP contribution is 2.35. The van der Waals surface area contributed by atoms with Crippen molar-refractivity contribution in [3.8, 4) is 0 Å². The van der Waals surface area contributed by atoms with Gasteiger partial charge in [0.1, 0.15) is 6.33 Å². The molecule has 0 unspecified atom stereocenters. The minimum absolute atomic E-state index is 0.262. The van der Waals surface area contributed by atoms with Crippen LogP contribution in [-0.2, 0) is 4.79 Å². The summed E-state index contributed by atoms with van der Waals surface area (Å²) in [5, 5.41) is 7.31. The van der Waals surface area contributed by atoms with Crippen LogP contribution in [0.25, 0.3) is 0 Å². The molecule has 2 aliphatic rings. The number of hydrogen-bond donors (Lipinski definition) is 1. The van der Waals surface area contributed by atoms with Crippen LogP contribution in [0, 0.1) is 5.92 Å². The zero-order valence-corrected chi connectivity index (χ0v) is 11.9. The first-order valence-corrected chi connectivity index (χ1v) is 8.11. The number of hydrogen-bond acceptors (Lipinski definition) is 4. The standard InChI is InChI=1S/C13H20N4OS/c18-12(8-19-13-14-9-15-16-13)17-7-3-5-10-4-1-2-6-11(10)17/h9-11H,1-8H2,(H,14,15,16)/t10-,11+/m0/s1. The molecule has 19 heavy (non-hydrogen) atoms. The van der Waals surface area contributed by atoms with Crippen LogP contribution in [0.3, 0.4) is 0 Å². The van der Waals surface area contributed by atoms with Gasteiger partial charge < -0.3 is 4.90 Å². The van der Waals surface area contributed by atoms with E-state index < -0.39 is 0 Å². The average molecular weight is 280 g/mol. The molecule has 1 saturated heterocycles. The largest absolute Gasteiger partial charge is 0.339 e. The summed E-state index contributed by atoms with van der Waals surface area (Å²) in [5.74, 6) is 1.48. The fraction of sp³-hybridized carbons (Fsp3) is 0.769. The Morgan fingerprint density at radius 2 is 2.21 bits per heavy atom. The Bertz CT molecular complexity index is 420. The van der Waals surface area contributed by atoms with Crippen LogP contribution < -0.4 is 0 Å². The van der Waals surface area contributed by atoms with Gasteiger partial charge in [-0.1, -0.05) is 24.6 Å². The van der Waals surface area contributed by atoms with Gasteiger partial charge in [0.2, 0.25) is 5.91 Å².